The number of aromatic nitrogens is 1. The van der Waals surface area contributed by atoms with E-state index < -0.39 is 0 Å². The van der Waals surface area contributed by atoms with Crippen LogP contribution in [0, 0.1) is 0 Å². The number of thiocarbonyl (C=S) groups is 1. The third-order valence-electron chi connectivity index (χ3n) is 2.46. The number of carbonyl (C=O) groups excluding carboxylic acids is 1. The van der Waals surface area contributed by atoms with Gasteiger partial charge in [0.15, 0.2) is 0 Å². The molecule has 0 aliphatic heterocycles. The largest absolute Gasteiger partial charge is 0.388 e. The van der Waals surface area contributed by atoms with Crippen LogP contribution in [-0.4, -0.2) is 22.4 Å². The molecule has 1 aromatic carbocycles. The average molecular weight is 291 g/mol. The first-order chi connectivity index (χ1) is 9.16. The van der Waals surface area contributed by atoms with E-state index in [0.717, 1.165) is 5.01 Å². The highest BCUT2D eigenvalue weighted by atomic mass is 32.1. The molecule has 19 heavy (non-hydrogen) atoms. The first-order valence-electron chi connectivity index (χ1n) is 5.74. The number of carbonyl (C=O) groups is 1. The van der Waals surface area contributed by atoms with Gasteiger partial charge in [0, 0.05) is 23.9 Å². The Labute approximate surface area is 120 Å². The first-order valence-corrected chi connectivity index (χ1v) is 7.03. The number of nitrogens with one attached hydrogen (secondary N) is 1. The molecule has 0 aliphatic carbocycles. The third-order valence-corrected chi connectivity index (χ3v) is 3.58. The molecule has 0 atom stereocenters. The van der Waals surface area contributed by atoms with Crippen LogP contribution in [-0.2, 0) is 6.42 Å². The Balaban J connectivity index is 1.83. The number of hydrogen-bond acceptors (Lipinski definition) is 4. The lowest BCUT2D eigenvalue weighted by molar-refractivity contribution is 0.0954. The van der Waals surface area contributed by atoms with Crippen molar-refractivity contribution in [1.82, 2.24) is 10.3 Å². The van der Waals surface area contributed by atoms with Crippen LogP contribution in [0.2, 0.25) is 0 Å². The van der Waals surface area contributed by atoms with Crippen molar-refractivity contribution in [1.29, 1.82) is 0 Å². The van der Waals surface area contributed by atoms with Gasteiger partial charge < -0.3 is 11.1 Å². The second-order valence-electron chi connectivity index (χ2n) is 3.86. The molecule has 6 heteroatoms. The molecule has 98 valence electrons. The minimum atomic E-state index is -0.0771. The van der Waals surface area contributed by atoms with Crippen LogP contribution < -0.4 is 11.1 Å². The zero-order valence-electron chi connectivity index (χ0n) is 10.1. The van der Waals surface area contributed by atoms with Gasteiger partial charge in [0.2, 0.25) is 0 Å². The maximum atomic E-state index is 11.8. The van der Waals surface area contributed by atoms with Crippen molar-refractivity contribution in [3.05, 3.63) is 52.0 Å². The number of nitrogens with zero attached hydrogens (tertiary/aromatic N) is 1. The topological polar surface area (TPSA) is 68.0 Å². The molecular weight excluding hydrogens is 278 g/mol. The van der Waals surface area contributed by atoms with Gasteiger partial charge in [-0.1, -0.05) is 30.4 Å². The zero-order chi connectivity index (χ0) is 13.7. The molecule has 0 saturated heterocycles. The van der Waals surface area contributed by atoms with Gasteiger partial charge in [-0.2, -0.15) is 0 Å². The van der Waals surface area contributed by atoms with E-state index >= 15 is 0 Å². The summed E-state index contributed by atoms with van der Waals surface area (Å²) in [7, 11) is 0. The number of hydrogen-bond donors (Lipinski definition) is 2. The van der Waals surface area contributed by atoms with E-state index in [1.165, 1.54) is 11.3 Å². The van der Waals surface area contributed by atoms with Gasteiger partial charge in [0.05, 0.1) is 5.01 Å². The molecule has 0 fully saturated rings. The summed E-state index contributed by atoms with van der Waals surface area (Å²) in [6.07, 6.45) is 0.672. The predicted octanol–water partition coefficient (Wildman–Crippen LogP) is 1.75. The Hall–Kier alpha value is -1.79. The van der Waals surface area contributed by atoms with Crippen LogP contribution in [0.5, 0.6) is 0 Å². The number of benzene rings is 1. The molecule has 0 unspecified atom stereocenters. The minimum Gasteiger partial charge on any atom is -0.388 e. The highest BCUT2D eigenvalue weighted by Crippen LogP contribution is 2.10. The highest BCUT2D eigenvalue weighted by molar-refractivity contribution is 7.80. The fourth-order valence-electron chi connectivity index (χ4n) is 1.51. The van der Waals surface area contributed by atoms with Crippen LogP contribution in [0.3, 0.4) is 0 Å². The minimum absolute atomic E-state index is 0.0771. The Bertz CT molecular complexity index is 581. The standard InChI is InChI=1S/C13H13N3OS2/c14-12(18)10-8-19-11(16-10)6-7-15-13(17)9-4-2-1-3-5-9/h1-5,8H,6-7H2,(H2,14,18)(H,15,17). The average Bonchev–Trinajstić information content (AvgIpc) is 2.89. The maximum Gasteiger partial charge on any atom is 0.251 e. The van der Waals surface area contributed by atoms with Gasteiger partial charge in [-0.3, -0.25) is 4.79 Å². The summed E-state index contributed by atoms with van der Waals surface area (Å²) in [5.74, 6) is -0.0771. The van der Waals surface area contributed by atoms with E-state index in [4.69, 9.17) is 18.0 Å². The normalized spacial score (nSPS) is 10.1. The second-order valence-corrected chi connectivity index (χ2v) is 5.25. The molecule has 0 spiro atoms. The summed E-state index contributed by atoms with van der Waals surface area (Å²) in [5.41, 5.74) is 6.79. The lowest BCUT2D eigenvalue weighted by Crippen LogP contribution is -2.25. The van der Waals surface area contributed by atoms with E-state index in [2.05, 4.69) is 10.3 Å². The summed E-state index contributed by atoms with van der Waals surface area (Å²) in [5, 5.41) is 5.59. The Morgan fingerprint density at radius 2 is 2.11 bits per heavy atom. The zero-order valence-corrected chi connectivity index (χ0v) is 11.8. The van der Waals surface area contributed by atoms with Crippen LogP contribution in [0.4, 0.5) is 0 Å². The van der Waals surface area contributed by atoms with Crippen LogP contribution in [0.1, 0.15) is 21.1 Å². The number of rotatable bonds is 5. The van der Waals surface area contributed by atoms with Crippen molar-refractivity contribution in [3.63, 3.8) is 0 Å². The molecule has 0 aliphatic rings. The van der Waals surface area contributed by atoms with Crippen LogP contribution in [0.25, 0.3) is 0 Å². The van der Waals surface area contributed by atoms with Gasteiger partial charge >= 0.3 is 0 Å². The van der Waals surface area contributed by atoms with Crippen molar-refractivity contribution in [2.24, 2.45) is 5.73 Å². The molecule has 2 aromatic rings. The lowest BCUT2D eigenvalue weighted by atomic mass is 10.2. The predicted molar refractivity (Wildman–Crippen MR) is 80.5 cm³/mol. The monoisotopic (exact) mass is 291 g/mol. The Morgan fingerprint density at radius 3 is 2.74 bits per heavy atom. The summed E-state index contributed by atoms with van der Waals surface area (Å²) in [6, 6.07) is 9.12. The Kier molecular flexibility index (Phi) is 4.59. The van der Waals surface area contributed by atoms with Crippen molar-refractivity contribution >= 4 is 34.5 Å². The fraction of sp³-hybridized carbons (Fsp3) is 0.154. The van der Waals surface area contributed by atoms with Crippen molar-refractivity contribution < 1.29 is 4.79 Å². The summed E-state index contributed by atoms with van der Waals surface area (Å²) >= 11 is 6.34. The third kappa shape index (κ3) is 3.84. The van der Waals surface area contributed by atoms with Crippen LogP contribution in [0.15, 0.2) is 35.7 Å². The molecule has 2 rings (SSSR count). The smallest absolute Gasteiger partial charge is 0.251 e. The summed E-state index contributed by atoms with van der Waals surface area (Å²) in [4.78, 5) is 16.4. The van der Waals surface area contributed by atoms with Crippen molar-refractivity contribution in [2.75, 3.05) is 6.54 Å². The van der Waals surface area contributed by atoms with Gasteiger partial charge in [-0.05, 0) is 12.1 Å². The molecule has 0 radical (unpaired) electrons. The Morgan fingerprint density at radius 1 is 1.37 bits per heavy atom. The number of amides is 1. The molecule has 1 heterocycles. The van der Waals surface area contributed by atoms with E-state index in [-0.39, 0.29) is 5.91 Å². The maximum absolute atomic E-state index is 11.8. The van der Waals surface area contributed by atoms with Gasteiger partial charge in [0.25, 0.3) is 5.91 Å². The van der Waals surface area contributed by atoms with E-state index in [9.17, 15) is 4.79 Å². The molecule has 4 nitrogen and oxygen atoms in total. The lowest BCUT2D eigenvalue weighted by Gasteiger charge is -2.03. The van der Waals surface area contributed by atoms with Gasteiger partial charge in [-0.25, -0.2) is 4.98 Å². The fourth-order valence-corrected chi connectivity index (χ4v) is 2.49. The molecule has 1 aromatic heterocycles. The number of nitrogens with two attached hydrogens (primary N) is 1. The SMILES string of the molecule is NC(=S)c1csc(CCNC(=O)c2ccccc2)n1. The van der Waals surface area contributed by atoms with E-state index in [0.29, 0.717) is 29.2 Å². The van der Waals surface area contributed by atoms with E-state index in [1.807, 2.05) is 23.6 Å². The molecule has 0 saturated carbocycles. The first kappa shape index (κ1) is 13.6. The van der Waals surface area contributed by atoms with Crippen molar-refractivity contribution in [2.45, 2.75) is 6.42 Å². The van der Waals surface area contributed by atoms with Gasteiger partial charge in [-0.15, -0.1) is 11.3 Å². The molecular formula is C13H13N3OS2. The summed E-state index contributed by atoms with van der Waals surface area (Å²) in [6.45, 7) is 0.540. The quantitative estimate of drug-likeness (QED) is 0.824. The summed E-state index contributed by atoms with van der Waals surface area (Å²) < 4.78 is 0. The molecule has 1 amide bonds. The number of thiazole rings is 1. The van der Waals surface area contributed by atoms with Crippen molar-refractivity contribution in [3.8, 4) is 0 Å². The highest BCUT2D eigenvalue weighted by Gasteiger charge is 2.06. The second kappa shape index (κ2) is 6.40. The van der Waals surface area contributed by atoms with E-state index in [1.54, 1.807) is 12.1 Å². The molecule has 3 N–H and O–H groups in total. The van der Waals surface area contributed by atoms with Gasteiger partial charge in [0.1, 0.15) is 10.7 Å². The molecule has 0 bridgehead atoms. The van der Waals surface area contributed by atoms with Crippen LogP contribution >= 0.6 is 23.6 Å².